The van der Waals surface area contributed by atoms with Crippen LogP contribution in [0.15, 0.2) is 65.8 Å². The van der Waals surface area contributed by atoms with Gasteiger partial charge in [0.15, 0.2) is 11.0 Å². The molecular weight excluding hydrogens is 453 g/mol. The fourth-order valence-corrected chi connectivity index (χ4v) is 5.05. The molecule has 1 unspecified atom stereocenters. The van der Waals surface area contributed by atoms with Gasteiger partial charge in [-0.1, -0.05) is 71.4 Å². The largest absolute Gasteiger partial charge is 0.497 e. The van der Waals surface area contributed by atoms with Gasteiger partial charge in [0.2, 0.25) is 0 Å². The fourth-order valence-electron chi connectivity index (χ4n) is 3.59. The summed E-state index contributed by atoms with van der Waals surface area (Å²) in [6.45, 7) is 0. The van der Waals surface area contributed by atoms with Crippen molar-refractivity contribution < 1.29 is 9.53 Å². The minimum absolute atomic E-state index is 0.160. The van der Waals surface area contributed by atoms with Crippen LogP contribution >= 0.6 is 35.0 Å². The zero-order chi connectivity index (χ0) is 22.0. The fraction of sp³-hybridized carbons (Fsp3) is 0.174. The molecule has 0 saturated carbocycles. The van der Waals surface area contributed by atoms with Gasteiger partial charge in [0.05, 0.1) is 17.2 Å². The lowest BCUT2D eigenvalue weighted by molar-refractivity contribution is 0.0988. The Morgan fingerprint density at radius 3 is 2.58 bits per heavy atom. The molecule has 5 nitrogen and oxygen atoms in total. The molecule has 0 aliphatic carbocycles. The van der Waals surface area contributed by atoms with Crippen molar-refractivity contribution in [2.45, 2.75) is 12.0 Å². The van der Waals surface area contributed by atoms with E-state index in [1.165, 1.54) is 24.0 Å². The third-order valence-electron chi connectivity index (χ3n) is 5.14. The molecule has 2 N–H and O–H groups in total. The van der Waals surface area contributed by atoms with Gasteiger partial charge in [-0.25, -0.2) is 9.98 Å². The highest BCUT2D eigenvalue weighted by Crippen LogP contribution is 2.42. The summed E-state index contributed by atoms with van der Waals surface area (Å²) in [5, 5.41) is 1.17. The molecule has 1 aromatic heterocycles. The van der Waals surface area contributed by atoms with E-state index in [2.05, 4.69) is 4.98 Å². The first-order valence-corrected chi connectivity index (χ1v) is 11.2. The number of thioether (sulfide) groups is 1. The van der Waals surface area contributed by atoms with Gasteiger partial charge in [-0.3, -0.25) is 4.79 Å². The van der Waals surface area contributed by atoms with E-state index in [-0.39, 0.29) is 22.9 Å². The second kappa shape index (κ2) is 8.91. The van der Waals surface area contributed by atoms with Crippen molar-refractivity contribution in [3.63, 3.8) is 0 Å². The van der Waals surface area contributed by atoms with E-state index in [1.807, 2.05) is 48.5 Å². The normalized spacial score (nSPS) is 18.0. The van der Waals surface area contributed by atoms with E-state index in [4.69, 9.17) is 38.7 Å². The van der Waals surface area contributed by atoms with Crippen molar-refractivity contribution in [3.05, 3.63) is 93.2 Å². The first kappa shape index (κ1) is 21.7. The zero-order valence-electron chi connectivity index (χ0n) is 16.6. The van der Waals surface area contributed by atoms with E-state index < -0.39 is 5.54 Å². The zero-order valence-corrected chi connectivity index (χ0v) is 19.0. The number of ketones is 1. The highest BCUT2D eigenvalue weighted by Gasteiger charge is 2.39. The Labute approximate surface area is 194 Å². The lowest BCUT2D eigenvalue weighted by Gasteiger charge is -2.27. The number of carbonyl (C=O) groups is 1. The number of amidine groups is 1. The Kier molecular flexibility index (Phi) is 6.23. The van der Waals surface area contributed by atoms with Crippen LogP contribution < -0.4 is 10.5 Å². The van der Waals surface area contributed by atoms with Crippen LogP contribution in [0.2, 0.25) is 10.0 Å². The van der Waals surface area contributed by atoms with Crippen LogP contribution in [0.4, 0.5) is 0 Å². The van der Waals surface area contributed by atoms with Crippen LogP contribution in [0.3, 0.4) is 0 Å². The molecule has 4 rings (SSSR count). The average Bonchev–Trinajstić information content (AvgIpc) is 3.17. The second-order valence-electron chi connectivity index (χ2n) is 7.11. The number of rotatable bonds is 6. The van der Waals surface area contributed by atoms with Crippen molar-refractivity contribution in [1.29, 1.82) is 0 Å². The SMILES string of the molecule is COc1ccc(C2(c3cccc(CC(=O)c4ncc(Cl)cc4Cl)c3)CSC(N)=N2)cc1. The Morgan fingerprint density at radius 2 is 1.94 bits per heavy atom. The Bertz CT molecular complexity index is 1170. The number of carbonyl (C=O) groups excluding carboxylic acids is 1. The van der Waals surface area contributed by atoms with Crippen LogP contribution in [0, 0.1) is 0 Å². The maximum Gasteiger partial charge on any atom is 0.187 e. The predicted molar refractivity (Wildman–Crippen MR) is 127 cm³/mol. The third-order valence-corrected chi connectivity index (χ3v) is 6.58. The summed E-state index contributed by atoms with van der Waals surface area (Å²) < 4.78 is 5.29. The Balaban J connectivity index is 1.68. The topological polar surface area (TPSA) is 77.6 Å². The molecule has 158 valence electrons. The lowest BCUT2D eigenvalue weighted by atomic mass is 9.84. The summed E-state index contributed by atoms with van der Waals surface area (Å²) in [7, 11) is 1.63. The molecule has 0 radical (unpaired) electrons. The number of benzene rings is 2. The number of halogens is 2. The number of methoxy groups -OCH3 is 1. The number of nitrogens with zero attached hydrogens (tertiary/aromatic N) is 2. The minimum atomic E-state index is -0.629. The first-order valence-electron chi connectivity index (χ1n) is 9.47. The van der Waals surface area contributed by atoms with Crippen LogP contribution in [0.1, 0.15) is 27.2 Å². The molecular formula is C23H19Cl2N3O2S. The molecule has 2 heterocycles. The van der Waals surface area contributed by atoms with Crippen LogP contribution in [0.25, 0.3) is 0 Å². The van der Waals surface area contributed by atoms with Gasteiger partial charge in [0, 0.05) is 18.4 Å². The number of ether oxygens (including phenoxy) is 1. The van der Waals surface area contributed by atoms with E-state index >= 15 is 0 Å². The number of Topliss-reactive ketones (excluding diaryl/α,β-unsaturated/α-hetero) is 1. The molecule has 1 aliphatic heterocycles. The van der Waals surface area contributed by atoms with Gasteiger partial charge in [-0.05, 0) is 34.9 Å². The molecule has 0 bridgehead atoms. The van der Waals surface area contributed by atoms with E-state index in [0.29, 0.717) is 15.9 Å². The standard InChI is InChI=1S/C23H19Cl2N3O2S/c1-30-18-7-5-15(6-8-18)23(13-31-22(26)28-23)16-4-2-3-14(9-16)10-20(29)21-19(25)11-17(24)12-27-21/h2-9,11-12H,10,13H2,1H3,(H2,26,28). The number of nitrogens with two attached hydrogens (primary N) is 1. The van der Waals surface area contributed by atoms with Crippen molar-refractivity contribution in [2.75, 3.05) is 12.9 Å². The summed E-state index contributed by atoms with van der Waals surface area (Å²) in [6.07, 6.45) is 1.58. The van der Waals surface area contributed by atoms with Gasteiger partial charge in [-0.2, -0.15) is 0 Å². The molecule has 31 heavy (non-hydrogen) atoms. The summed E-state index contributed by atoms with van der Waals surface area (Å²) in [5.41, 5.74) is 8.46. The number of hydrogen-bond donors (Lipinski definition) is 1. The van der Waals surface area contributed by atoms with Crippen molar-refractivity contribution >= 4 is 45.9 Å². The van der Waals surface area contributed by atoms with Crippen molar-refractivity contribution in [2.24, 2.45) is 10.7 Å². The number of pyridine rings is 1. The molecule has 3 aromatic rings. The van der Waals surface area contributed by atoms with Gasteiger partial charge >= 0.3 is 0 Å². The van der Waals surface area contributed by atoms with E-state index in [0.717, 1.165) is 22.4 Å². The van der Waals surface area contributed by atoms with Crippen molar-refractivity contribution in [3.8, 4) is 5.75 Å². The molecule has 2 aromatic carbocycles. The van der Waals surface area contributed by atoms with Crippen LogP contribution in [0.5, 0.6) is 5.75 Å². The van der Waals surface area contributed by atoms with Gasteiger partial charge in [0.1, 0.15) is 17.0 Å². The van der Waals surface area contributed by atoms with E-state index in [9.17, 15) is 4.79 Å². The minimum Gasteiger partial charge on any atom is -0.497 e. The smallest absolute Gasteiger partial charge is 0.187 e. The highest BCUT2D eigenvalue weighted by atomic mass is 35.5. The predicted octanol–water partition coefficient (Wildman–Crippen LogP) is 5.13. The third kappa shape index (κ3) is 4.42. The molecule has 0 fully saturated rings. The summed E-state index contributed by atoms with van der Waals surface area (Å²) in [5.74, 6) is 1.27. The number of hydrogen-bond acceptors (Lipinski definition) is 6. The maximum absolute atomic E-state index is 12.8. The summed E-state index contributed by atoms with van der Waals surface area (Å²) in [6, 6.07) is 17.2. The average molecular weight is 472 g/mol. The summed E-state index contributed by atoms with van der Waals surface area (Å²) >= 11 is 13.6. The second-order valence-corrected chi connectivity index (χ2v) is 8.95. The van der Waals surface area contributed by atoms with Gasteiger partial charge < -0.3 is 10.5 Å². The highest BCUT2D eigenvalue weighted by molar-refractivity contribution is 8.14. The molecule has 0 saturated heterocycles. The lowest BCUT2D eigenvalue weighted by Crippen LogP contribution is -2.26. The molecule has 8 heteroatoms. The monoisotopic (exact) mass is 471 g/mol. The Morgan fingerprint density at radius 1 is 1.16 bits per heavy atom. The van der Waals surface area contributed by atoms with Crippen molar-refractivity contribution in [1.82, 2.24) is 4.98 Å². The van der Waals surface area contributed by atoms with Gasteiger partial charge in [0.25, 0.3) is 0 Å². The molecule has 1 aliphatic rings. The first-order chi connectivity index (χ1) is 14.9. The molecule has 1 atom stereocenters. The number of aromatic nitrogens is 1. The Hall–Kier alpha value is -2.54. The summed E-state index contributed by atoms with van der Waals surface area (Å²) in [4.78, 5) is 21.7. The number of aliphatic imine (C=N–C) groups is 1. The molecule has 0 spiro atoms. The van der Waals surface area contributed by atoms with Crippen LogP contribution in [-0.2, 0) is 12.0 Å². The molecule has 0 amide bonds. The van der Waals surface area contributed by atoms with E-state index in [1.54, 1.807) is 7.11 Å². The quantitative estimate of drug-likeness (QED) is 0.504. The van der Waals surface area contributed by atoms with Crippen LogP contribution in [-0.4, -0.2) is 28.8 Å². The maximum atomic E-state index is 12.8. The van der Waals surface area contributed by atoms with Gasteiger partial charge in [-0.15, -0.1) is 0 Å².